The lowest BCUT2D eigenvalue weighted by Gasteiger charge is -2.12. The Morgan fingerprint density at radius 2 is 1.96 bits per heavy atom. The number of rotatable bonds is 9. The van der Waals surface area contributed by atoms with Crippen LogP contribution in [0.25, 0.3) is 0 Å². The van der Waals surface area contributed by atoms with E-state index in [1.807, 2.05) is 12.1 Å². The summed E-state index contributed by atoms with van der Waals surface area (Å²) in [7, 11) is 1.79. The van der Waals surface area contributed by atoms with Crippen LogP contribution in [0.15, 0.2) is 53.7 Å². The van der Waals surface area contributed by atoms with Crippen molar-refractivity contribution < 1.29 is 4.74 Å². The molecule has 1 aliphatic rings. The van der Waals surface area contributed by atoms with E-state index in [1.165, 1.54) is 18.4 Å². The van der Waals surface area contributed by atoms with Crippen LogP contribution in [-0.4, -0.2) is 31.1 Å². The Morgan fingerprint density at radius 1 is 1.15 bits per heavy atom. The second kappa shape index (κ2) is 11.8. The molecule has 146 valence electrons. The molecule has 0 amide bonds. The molecule has 0 bridgehead atoms. The summed E-state index contributed by atoms with van der Waals surface area (Å²) in [4.78, 5) is 8.57. The number of hydrogen-bond donors (Lipinski definition) is 2. The van der Waals surface area contributed by atoms with Gasteiger partial charge in [-0.3, -0.25) is 4.99 Å². The third-order valence-electron chi connectivity index (χ3n) is 4.42. The van der Waals surface area contributed by atoms with Crippen LogP contribution in [0, 0.1) is 5.92 Å². The molecular weight excluding hydrogens is 451 g/mol. The molecule has 1 aliphatic carbocycles. The zero-order chi connectivity index (χ0) is 18.0. The Morgan fingerprint density at radius 3 is 2.70 bits per heavy atom. The predicted octanol–water partition coefficient (Wildman–Crippen LogP) is 3.79. The van der Waals surface area contributed by atoms with Crippen molar-refractivity contribution in [2.45, 2.75) is 32.2 Å². The molecule has 1 saturated carbocycles. The van der Waals surface area contributed by atoms with E-state index >= 15 is 0 Å². The molecule has 0 atom stereocenters. The molecule has 2 N–H and O–H groups in total. The SMILES string of the molecule is CN=C(NCCCc1ccccc1)NCc1ccnc(OCC2CC2)c1.I. The summed E-state index contributed by atoms with van der Waals surface area (Å²) >= 11 is 0. The highest BCUT2D eigenvalue weighted by atomic mass is 127. The average Bonchev–Trinajstić information content (AvgIpc) is 3.51. The topological polar surface area (TPSA) is 58.5 Å². The molecule has 0 unspecified atom stereocenters. The average molecular weight is 480 g/mol. The first-order valence-electron chi connectivity index (χ1n) is 9.39. The van der Waals surface area contributed by atoms with Crippen molar-refractivity contribution in [1.82, 2.24) is 15.6 Å². The van der Waals surface area contributed by atoms with E-state index in [2.05, 4.69) is 50.9 Å². The molecule has 1 aromatic carbocycles. The van der Waals surface area contributed by atoms with Crippen molar-refractivity contribution in [3.63, 3.8) is 0 Å². The summed E-state index contributed by atoms with van der Waals surface area (Å²) in [6.45, 7) is 2.37. The fraction of sp³-hybridized carbons (Fsp3) is 0.429. The highest BCUT2D eigenvalue weighted by Crippen LogP contribution is 2.29. The Balaban J connectivity index is 0.00000261. The van der Waals surface area contributed by atoms with Crippen molar-refractivity contribution in [1.29, 1.82) is 0 Å². The minimum Gasteiger partial charge on any atom is -0.477 e. The van der Waals surface area contributed by atoms with Gasteiger partial charge in [-0.25, -0.2) is 4.98 Å². The number of benzene rings is 1. The maximum absolute atomic E-state index is 5.74. The normalized spacial score (nSPS) is 13.6. The van der Waals surface area contributed by atoms with Crippen LogP contribution >= 0.6 is 24.0 Å². The quantitative estimate of drug-likeness (QED) is 0.248. The van der Waals surface area contributed by atoms with E-state index in [4.69, 9.17) is 4.74 Å². The third-order valence-corrected chi connectivity index (χ3v) is 4.42. The number of ether oxygens (including phenoxy) is 1. The zero-order valence-corrected chi connectivity index (χ0v) is 18.2. The van der Waals surface area contributed by atoms with E-state index in [9.17, 15) is 0 Å². The molecule has 1 fully saturated rings. The maximum Gasteiger partial charge on any atom is 0.213 e. The standard InChI is InChI=1S/C21H28N4O.HI/c1-22-21(24-12-5-8-17-6-3-2-4-7-17)25-15-19-11-13-23-20(14-19)26-16-18-9-10-18;/h2-4,6-7,11,13-14,18H,5,8-10,12,15-16H2,1H3,(H2,22,24,25);1H. The summed E-state index contributed by atoms with van der Waals surface area (Å²) in [5.41, 5.74) is 2.51. The molecular formula is C21H29IN4O. The summed E-state index contributed by atoms with van der Waals surface area (Å²) in [6.07, 6.45) is 6.51. The lowest BCUT2D eigenvalue weighted by Crippen LogP contribution is -2.37. The van der Waals surface area contributed by atoms with Gasteiger partial charge in [0.25, 0.3) is 0 Å². The van der Waals surface area contributed by atoms with E-state index in [-0.39, 0.29) is 24.0 Å². The zero-order valence-electron chi connectivity index (χ0n) is 15.9. The van der Waals surface area contributed by atoms with Crippen LogP contribution < -0.4 is 15.4 Å². The molecule has 27 heavy (non-hydrogen) atoms. The monoisotopic (exact) mass is 480 g/mol. The molecule has 1 heterocycles. The summed E-state index contributed by atoms with van der Waals surface area (Å²) < 4.78 is 5.74. The number of aryl methyl sites for hydroxylation is 1. The summed E-state index contributed by atoms with van der Waals surface area (Å²) in [5, 5.41) is 6.71. The minimum atomic E-state index is 0. The van der Waals surface area contributed by atoms with Gasteiger partial charge in [-0.05, 0) is 48.8 Å². The first-order valence-corrected chi connectivity index (χ1v) is 9.39. The van der Waals surface area contributed by atoms with Crippen LogP contribution in [-0.2, 0) is 13.0 Å². The van der Waals surface area contributed by atoms with Gasteiger partial charge >= 0.3 is 0 Å². The molecule has 5 nitrogen and oxygen atoms in total. The van der Waals surface area contributed by atoms with Gasteiger partial charge in [0, 0.05) is 32.4 Å². The van der Waals surface area contributed by atoms with Crippen LogP contribution in [0.5, 0.6) is 5.88 Å². The van der Waals surface area contributed by atoms with Crippen molar-refractivity contribution in [2.24, 2.45) is 10.9 Å². The second-order valence-corrected chi connectivity index (χ2v) is 6.70. The Labute approximate surface area is 179 Å². The molecule has 0 saturated heterocycles. The molecule has 0 radical (unpaired) electrons. The smallest absolute Gasteiger partial charge is 0.213 e. The molecule has 6 heteroatoms. The van der Waals surface area contributed by atoms with Crippen LogP contribution in [0.4, 0.5) is 0 Å². The van der Waals surface area contributed by atoms with Gasteiger partial charge in [0.15, 0.2) is 5.96 Å². The van der Waals surface area contributed by atoms with E-state index < -0.39 is 0 Å². The predicted molar refractivity (Wildman–Crippen MR) is 121 cm³/mol. The number of pyridine rings is 1. The highest BCUT2D eigenvalue weighted by Gasteiger charge is 2.22. The lowest BCUT2D eigenvalue weighted by molar-refractivity contribution is 0.288. The second-order valence-electron chi connectivity index (χ2n) is 6.70. The van der Waals surface area contributed by atoms with Crippen LogP contribution in [0.2, 0.25) is 0 Å². The first kappa shape index (κ1) is 21.5. The van der Waals surface area contributed by atoms with Gasteiger partial charge in [0.2, 0.25) is 5.88 Å². The Bertz CT molecular complexity index is 704. The first-order chi connectivity index (χ1) is 12.8. The third kappa shape index (κ3) is 8.15. The molecule has 3 rings (SSSR count). The fourth-order valence-corrected chi connectivity index (χ4v) is 2.68. The lowest BCUT2D eigenvalue weighted by atomic mass is 10.1. The van der Waals surface area contributed by atoms with Gasteiger partial charge in [-0.2, -0.15) is 0 Å². The maximum atomic E-state index is 5.74. The number of nitrogens with zero attached hydrogens (tertiary/aromatic N) is 2. The van der Waals surface area contributed by atoms with E-state index in [1.54, 1.807) is 13.2 Å². The van der Waals surface area contributed by atoms with Crippen molar-refractivity contribution in [3.8, 4) is 5.88 Å². The Kier molecular flexibility index (Phi) is 9.38. The van der Waals surface area contributed by atoms with E-state index in [0.717, 1.165) is 43.4 Å². The van der Waals surface area contributed by atoms with Gasteiger partial charge < -0.3 is 15.4 Å². The minimum absolute atomic E-state index is 0. The fourth-order valence-electron chi connectivity index (χ4n) is 2.68. The number of aliphatic imine (C=N–C) groups is 1. The van der Waals surface area contributed by atoms with Crippen molar-refractivity contribution in [3.05, 3.63) is 59.8 Å². The van der Waals surface area contributed by atoms with Gasteiger partial charge in [0.1, 0.15) is 0 Å². The number of nitrogens with one attached hydrogen (secondary N) is 2. The molecule has 0 aliphatic heterocycles. The molecule has 2 aromatic rings. The number of hydrogen-bond acceptors (Lipinski definition) is 3. The van der Waals surface area contributed by atoms with Crippen LogP contribution in [0.3, 0.4) is 0 Å². The Hall–Kier alpha value is -1.83. The summed E-state index contributed by atoms with van der Waals surface area (Å²) in [6, 6.07) is 14.5. The number of aromatic nitrogens is 1. The number of guanidine groups is 1. The van der Waals surface area contributed by atoms with Crippen molar-refractivity contribution in [2.75, 3.05) is 20.2 Å². The van der Waals surface area contributed by atoms with Crippen LogP contribution in [0.1, 0.15) is 30.4 Å². The van der Waals surface area contributed by atoms with Gasteiger partial charge in [-0.1, -0.05) is 30.3 Å². The molecule has 1 aromatic heterocycles. The summed E-state index contributed by atoms with van der Waals surface area (Å²) in [5.74, 6) is 2.26. The van der Waals surface area contributed by atoms with Gasteiger partial charge in [0.05, 0.1) is 6.61 Å². The van der Waals surface area contributed by atoms with Crippen molar-refractivity contribution >= 4 is 29.9 Å². The number of halogens is 1. The van der Waals surface area contributed by atoms with Gasteiger partial charge in [-0.15, -0.1) is 24.0 Å². The molecule has 0 spiro atoms. The largest absolute Gasteiger partial charge is 0.477 e. The van der Waals surface area contributed by atoms with E-state index in [0.29, 0.717) is 12.4 Å². The highest BCUT2D eigenvalue weighted by molar-refractivity contribution is 14.0.